The van der Waals surface area contributed by atoms with Gasteiger partial charge in [0, 0.05) is 6.54 Å². The molecule has 74 valence electrons. The number of carboxylic acids is 1. The Morgan fingerprint density at radius 3 is 2.23 bits per heavy atom. The Bertz CT molecular complexity index is 215. The molecule has 13 heavy (non-hydrogen) atoms. The van der Waals surface area contributed by atoms with E-state index in [2.05, 4.69) is 5.32 Å². The second-order valence-electron chi connectivity index (χ2n) is 2.21. The van der Waals surface area contributed by atoms with E-state index in [-0.39, 0.29) is 13.0 Å². The van der Waals surface area contributed by atoms with E-state index in [9.17, 15) is 14.4 Å². The number of carboxylic acid groups (broad SMARTS) is 1. The van der Waals surface area contributed by atoms with Crippen LogP contribution in [0.5, 0.6) is 0 Å². The fraction of sp³-hybridized carbons (Fsp3) is 0.500. The summed E-state index contributed by atoms with van der Waals surface area (Å²) in [5.74, 6) is -2.51. The standard InChI is InChI=1S/C6H10N2O5/c9-4(3-5(10)8-13)7-2-1-6(11)12/h13H,1-3H2,(H,7,9)(H,8,10)(H,11,12). The molecule has 0 rings (SSSR count). The summed E-state index contributed by atoms with van der Waals surface area (Å²) in [5.41, 5.74) is 1.28. The third-order valence-corrected chi connectivity index (χ3v) is 1.11. The Morgan fingerprint density at radius 1 is 1.15 bits per heavy atom. The topological polar surface area (TPSA) is 116 Å². The predicted octanol–water partition coefficient (Wildman–Crippen LogP) is -1.53. The number of rotatable bonds is 5. The van der Waals surface area contributed by atoms with Crippen LogP contribution in [-0.2, 0) is 14.4 Å². The molecule has 0 unspecified atom stereocenters. The van der Waals surface area contributed by atoms with Crippen LogP contribution in [0.1, 0.15) is 12.8 Å². The zero-order valence-electron chi connectivity index (χ0n) is 6.74. The molecule has 0 aliphatic rings. The molecular weight excluding hydrogens is 180 g/mol. The minimum atomic E-state index is -1.04. The minimum absolute atomic E-state index is 0.0348. The molecule has 0 aromatic carbocycles. The number of hydrogen-bond donors (Lipinski definition) is 4. The summed E-state index contributed by atoms with van der Waals surface area (Å²) >= 11 is 0. The average Bonchev–Trinajstić information content (AvgIpc) is 2.03. The van der Waals surface area contributed by atoms with Crippen LogP contribution in [0, 0.1) is 0 Å². The molecule has 0 bridgehead atoms. The molecule has 0 saturated carbocycles. The van der Waals surface area contributed by atoms with Gasteiger partial charge in [0.2, 0.25) is 5.91 Å². The van der Waals surface area contributed by atoms with Gasteiger partial charge in [0.25, 0.3) is 5.91 Å². The highest BCUT2D eigenvalue weighted by atomic mass is 16.5. The quantitative estimate of drug-likeness (QED) is 0.238. The molecular formula is C6H10N2O5. The molecule has 4 N–H and O–H groups in total. The lowest BCUT2D eigenvalue weighted by Crippen LogP contribution is -2.31. The van der Waals surface area contributed by atoms with Gasteiger partial charge < -0.3 is 10.4 Å². The zero-order chi connectivity index (χ0) is 10.3. The Hall–Kier alpha value is -1.63. The summed E-state index contributed by atoms with van der Waals surface area (Å²) in [7, 11) is 0. The molecule has 0 saturated heterocycles. The lowest BCUT2D eigenvalue weighted by Gasteiger charge is -2.01. The molecule has 0 radical (unpaired) electrons. The Kier molecular flexibility index (Phi) is 5.20. The number of carbonyl (C=O) groups excluding carboxylic acids is 2. The molecule has 0 aliphatic carbocycles. The summed E-state index contributed by atoms with van der Waals surface area (Å²) in [6, 6.07) is 0. The fourth-order valence-electron chi connectivity index (χ4n) is 0.557. The van der Waals surface area contributed by atoms with Gasteiger partial charge in [-0.25, -0.2) is 5.48 Å². The van der Waals surface area contributed by atoms with E-state index in [0.717, 1.165) is 0 Å². The number of carbonyl (C=O) groups is 3. The summed E-state index contributed by atoms with van der Waals surface area (Å²) in [5, 5.41) is 18.4. The Morgan fingerprint density at radius 2 is 1.77 bits per heavy atom. The number of amides is 2. The molecule has 0 heterocycles. The summed E-state index contributed by atoms with van der Waals surface area (Å²) in [4.78, 5) is 31.1. The van der Waals surface area contributed by atoms with E-state index in [1.165, 1.54) is 5.48 Å². The fourth-order valence-corrected chi connectivity index (χ4v) is 0.557. The lowest BCUT2D eigenvalue weighted by atomic mass is 10.3. The van der Waals surface area contributed by atoms with Crippen LogP contribution in [0.2, 0.25) is 0 Å². The maximum Gasteiger partial charge on any atom is 0.305 e. The van der Waals surface area contributed by atoms with Gasteiger partial charge in [-0.2, -0.15) is 0 Å². The van der Waals surface area contributed by atoms with Crippen molar-refractivity contribution in [2.45, 2.75) is 12.8 Å². The highest BCUT2D eigenvalue weighted by Crippen LogP contribution is 1.81. The summed E-state index contributed by atoms with van der Waals surface area (Å²) in [6.07, 6.45) is -0.720. The van der Waals surface area contributed by atoms with Crippen LogP contribution < -0.4 is 10.8 Å². The van der Waals surface area contributed by atoms with E-state index in [0.29, 0.717) is 0 Å². The van der Waals surface area contributed by atoms with Gasteiger partial charge in [0.05, 0.1) is 6.42 Å². The maximum atomic E-state index is 10.7. The van der Waals surface area contributed by atoms with Crippen LogP contribution >= 0.6 is 0 Å². The highest BCUT2D eigenvalue weighted by molar-refractivity contribution is 5.96. The Labute approximate surface area is 73.7 Å². The van der Waals surface area contributed by atoms with Gasteiger partial charge in [-0.1, -0.05) is 0 Å². The number of aliphatic carboxylic acids is 1. The minimum Gasteiger partial charge on any atom is -0.481 e. The van der Waals surface area contributed by atoms with E-state index < -0.39 is 24.2 Å². The third-order valence-electron chi connectivity index (χ3n) is 1.11. The molecule has 7 nitrogen and oxygen atoms in total. The first kappa shape index (κ1) is 11.4. The van der Waals surface area contributed by atoms with Gasteiger partial charge in [-0.3, -0.25) is 19.6 Å². The average molecular weight is 190 g/mol. The summed E-state index contributed by atoms with van der Waals surface area (Å²) < 4.78 is 0. The van der Waals surface area contributed by atoms with Crippen molar-refractivity contribution in [2.24, 2.45) is 0 Å². The monoisotopic (exact) mass is 190 g/mol. The van der Waals surface area contributed by atoms with Gasteiger partial charge in [-0.05, 0) is 0 Å². The lowest BCUT2D eigenvalue weighted by molar-refractivity contribution is -0.136. The molecule has 2 amide bonds. The van der Waals surface area contributed by atoms with Crippen LogP contribution in [0.15, 0.2) is 0 Å². The normalized spacial score (nSPS) is 9.00. The first-order chi connectivity index (χ1) is 6.06. The Balaban J connectivity index is 3.52. The first-order valence-corrected chi connectivity index (χ1v) is 3.47. The molecule has 7 heteroatoms. The van der Waals surface area contributed by atoms with E-state index in [1.807, 2.05) is 0 Å². The van der Waals surface area contributed by atoms with E-state index >= 15 is 0 Å². The van der Waals surface area contributed by atoms with Crippen molar-refractivity contribution < 1.29 is 24.7 Å². The van der Waals surface area contributed by atoms with Gasteiger partial charge >= 0.3 is 5.97 Å². The second kappa shape index (κ2) is 5.95. The van der Waals surface area contributed by atoms with Crippen molar-refractivity contribution in [1.29, 1.82) is 0 Å². The molecule has 0 atom stereocenters. The number of hydrogen-bond acceptors (Lipinski definition) is 4. The molecule has 0 aromatic heterocycles. The zero-order valence-corrected chi connectivity index (χ0v) is 6.74. The van der Waals surface area contributed by atoms with Gasteiger partial charge in [0.1, 0.15) is 6.42 Å². The number of nitrogens with one attached hydrogen (secondary N) is 2. The van der Waals surface area contributed by atoms with Crippen molar-refractivity contribution in [3.05, 3.63) is 0 Å². The van der Waals surface area contributed by atoms with Crippen LogP contribution in [0.4, 0.5) is 0 Å². The van der Waals surface area contributed by atoms with E-state index in [1.54, 1.807) is 0 Å². The summed E-state index contributed by atoms with van der Waals surface area (Å²) in [6.45, 7) is -0.0348. The van der Waals surface area contributed by atoms with Crippen molar-refractivity contribution >= 4 is 17.8 Å². The van der Waals surface area contributed by atoms with Crippen LogP contribution in [-0.4, -0.2) is 34.6 Å². The van der Waals surface area contributed by atoms with Crippen molar-refractivity contribution in [3.8, 4) is 0 Å². The van der Waals surface area contributed by atoms with Crippen molar-refractivity contribution in [2.75, 3.05) is 6.54 Å². The molecule has 0 aliphatic heterocycles. The molecule has 0 spiro atoms. The smallest absolute Gasteiger partial charge is 0.305 e. The predicted molar refractivity (Wildman–Crippen MR) is 39.8 cm³/mol. The van der Waals surface area contributed by atoms with E-state index in [4.69, 9.17) is 10.3 Å². The van der Waals surface area contributed by atoms with Gasteiger partial charge in [0.15, 0.2) is 0 Å². The van der Waals surface area contributed by atoms with Crippen molar-refractivity contribution in [3.63, 3.8) is 0 Å². The SMILES string of the molecule is O=C(O)CCNC(=O)CC(=O)NO. The van der Waals surface area contributed by atoms with Crippen LogP contribution in [0.3, 0.4) is 0 Å². The number of hydroxylamine groups is 1. The third kappa shape index (κ3) is 6.76. The van der Waals surface area contributed by atoms with Gasteiger partial charge in [-0.15, -0.1) is 0 Å². The van der Waals surface area contributed by atoms with Crippen LogP contribution in [0.25, 0.3) is 0 Å². The highest BCUT2D eigenvalue weighted by Gasteiger charge is 2.07. The maximum absolute atomic E-state index is 10.7. The molecule has 0 aromatic rings. The first-order valence-electron chi connectivity index (χ1n) is 3.47. The second-order valence-corrected chi connectivity index (χ2v) is 2.21. The largest absolute Gasteiger partial charge is 0.481 e. The molecule has 0 fully saturated rings. The van der Waals surface area contributed by atoms with Crippen molar-refractivity contribution in [1.82, 2.24) is 10.8 Å².